The summed E-state index contributed by atoms with van der Waals surface area (Å²) in [5.41, 5.74) is 2.29. The molecule has 6 nitrogen and oxygen atoms in total. The average Bonchev–Trinajstić information content (AvgIpc) is 3.46. The highest BCUT2D eigenvalue weighted by atomic mass is 16.5. The molecule has 2 fully saturated rings. The number of amides is 1. The molecule has 0 radical (unpaired) electrons. The molecular formula is C23H33NO5. The van der Waals surface area contributed by atoms with E-state index in [1.807, 2.05) is 0 Å². The van der Waals surface area contributed by atoms with E-state index >= 15 is 0 Å². The summed E-state index contributed by atoms with van der Waals surface area (Å²) in [5.74, 6) is 1.80. The third kappa shape index (κ3) is 4.69. The zero-order chi connectivity index (χ0) is 20.2. The standard InChI is InChI=1S/C23H33NO5/c1-16(24(19-7-8-19)23(25)20-6-3-4-11-27-20)18-14-17-9-13-29-22(17)21(15-18)28-12-5-10-26-2/h14-16,19-20H,3-13H2,1-2H3/t16-,20-/m1/s1. The van der Waals surface area contributed by atoms with Crippen LogP contribution < -0.4 is 9.47 Å². The summed E-state index contributed by atoms with van der Waals surface area (Å²) >= 11 is 0. The zero-order valence-electron chi connectivity index (χ0n) is 17.7. The van der Waals surface area contributed by atoms with E-state index in [4.69, 9.17) is 18.9 Å². The molecule has 2 atom stereocenters. The fourth-order valence-electron chi connectivity index (χ4n) is 4.33. The second-order valence-corrected chi connectivity index (χ2v) is 8.31. The number of ether oxygens (including phenoxy) is 4. The summed E-state index contributed by atoms with van der Waals surface area (Å²) in [6.45, 7) is 4.76. The van der Waals surface area contributed by atoms with Gasteiger partial charge in [-0.15, -0.1) is 0 Å². The van der Waals surface area contributed by atoms with Gasteiger partial charge in [0.15, 0.2) is 11.5 Å². The monoisotopic (exact) mass is 403 g/mol. The van der Waals surface area contributed by atoms with Gasteiger partial charge in [-0.1, -0.05) is 0 Å². The summed E-state index contributed by atoms with van der Waals surface area (Å²) in [6.07, 6.45) is 6.55. The molecule has 0 spiro atoms. The van der Waals surface area contributed by atoms with Crippen molar-refractivity contribution in [1.29, 1.82) is 0 Å². The van der Waals surface area contributed by atoms with E-state index in [1.165, 1.54) is 5.56 Å². The molecule has 160 valence electrons. The highest BCUT2D eigenvalue weighted by Gasteiger charge is 2.40. The Kier molecular flexibility index (Phi) is 6.60. The highest BCUT2D eigenvalue weighted by Crippen LogP contribution is 2.42. The lowest BCUT2D eigenvalue weighted by molar-refractivity contribution is -0.149. The number of benzene rings is 1. The van der Waals surface area contributed by atoms with Crippen molar-refractivity contribution in [3.8, 4) is 11.5 Å². The van der Waals surface area contributed by atoms with Gasteiger partial charge in [0, 0.05) is 44.8 Å². The Morgan fingerprint density at radius 3 is 2.79 bits per heavy atom. The molecule has 1 aromatic rings. The van der Waals surface area contributed by atoms with E-state index < -0.39 is 0 Å². The zero-order valence-corrected chi connectivity index (χ0v) is 17.7. The van der Waals surface area contributed by atoms with Crippen LogP contribution >= 0.6 is 0 Å². The molecule has 6 heteroatoms. The quantitative estimate of drug-likeness (QED) is 0.589. The summed E-state index contributed by atoms with van der Waals surface area (Å²) < 4.78 is 22.8. The summed E-state index contributed by atoms with van der Waals surface area (Å²) in [7, 11) is 1.70. The van der Waals surface area contributed by atoms with Gasteiger partial charge in [0.05, 0.1) is 19.3 Å². The van der Waals surface area contributed by atoms with Crippen molar-refractivity contribution < 1.29 is 23.7 Å². The van der Waals surface area contributed by atoms with Gasteiger partial charge < -0.3 is 23.8 Å². The fraction of sp³-hybridized carbons (Fsp3) is 0.696. The van der Waals surface area contributed by atoms with Crippen molar-refractivity contribution in [3.05, 3.63) is 23.3 Å². The van der Waals surface area contributed by atoms with Crippen LogP contribution in [-0.4, -0.2) is 56.5 Å². The number of rotatable bonds is 9. The van der Waals surface area contributed by atoms with Gasteiger partial charge in [-0.2, -0.15) is 0 Å². The van der Waals surface area contributed by atoms with E-state index in [9.17, 15) is 4.79 Å². The highest BCUT2D eigenvalue weighted by molar-refractivity contribution is 5.82. The van der Waals surface area contributed by atoms with Crippen molar-refractivity contribution in [1.82, 2.24) is 4.90 Å². The molecule has 1 saturated carbocycles. The van der Waals surface area contributed by atoms with Crippen molar-refractivity contribution in [2.24, 2.45) is 0 Å². The van der Waals surface area contributed by atoms with Crippen LogP contribution in [0, 0.1) is 0 Å². The molecule has 1 aromatic carbocycles. The number of methoxy groups -OCH3 is 1. The molecule has 1 saturated heterocycles. The molecular weight excluding hydrogens is 370 g/mol. The smallest absolute Gasteiger partial charge is 0.252 e. The first-order valence-electron chi connectivity index (χ1n) is 11.0. The maximum atomic E-state index is 13.3. The first-order valence-corrected chi connectivity index (χ1v) is 11.0. The second-order valence-electron chi connectivity index (χ2n) is 8.31. The van der Waals surface area contributed by atoms with E-state index in [0.29, 0.717) is 32.5 Å². The van der Waals surface area contributed by atoms with Crippen molar-refractivity contribution in [2.45, 2.75) is 70.1 Å². The van der Waals surface area contributed by atoms with Crippen LogP contribution in [0.25, 0.3) is 0 Å². The van der Waals surface area contributed by atoms with E-state index in [2.05, 4.69) is 24.0 Å². The largest absolute Gasteiger partial charge is 0.490 e. The first-order chi connectivity index (χ1) is 14.2. The Morgan fingerprint density at radius 2 is 2.07 bits per heavy atom. The number of hydrogen-bond donors (Lipinski definition) is 0. The Hall–Kier alpha value is -1.79. The van der Waals surface area contributed by atoms with Crippen LogP contribution in [0.5, 0.6) is 11.5 Å². The van der Waals surface area contributed by atoms with Crippen molar-refractivity contribution in [2.75, 3.05) is 33.5 Å². The average molecular weight is 404 g/mol. The predicted octanol–water partition coefficient (Wildman–Crippen LogP) is 3.66. The predicted molar refractivity (Wildman–Crippen MR) is 110 cm³/mol. The number of hydrogen-bond acceptors (Lipinski definition) is 5. The van der Waals surface area contributed by atoms with Crippen LogP contribution in [0.2, 0.25) is 0 Å². The Bertz CT molecular complexity index is 711. The Balaban J connectivity index is 1.54. The van der Waals surface area contributed by atoms with Gasteiger partial charge in [0.2, 0.25) is 0 Å². The molecule has 1 aliphatic carbocycles. The maximum Gasteiger partial charge on any atom is 0.252 e. The molecule has 0 unspecified atom stereocenters. The molecule has 2 aliphatic heterocycles. The third-order valence-corrected chi connectivity index (χ3v) is 6.07. The van der Waals surface area contributed by atoms with Crippen LogP contribution in [0.4, 0.5) is 0 Å². The second kappa shape index (κ2) is 9.35. The van der Waals surface area contributed by atoms with Gasteiger partial charge in [0.25, 0.3) is 5.91 Å². The van der Waals surface area contributed by atoms with E-state index in [0.717, 1.165) is 62.0 Å². The van der Waals surface area contributed by atoms with E-state index in [1.54, 1.807) is 7.11 Å². The summed E-state index contributed by atoms with van der Waals surface area (Å²) in [4.78, 5) is 15.4. The molecule has 1 amide bonds. The number of carbonyl (C=O) groups excluding carboxylic acids is 1. The lowest BCUT2D eigenvalue weighted by Gasteiger charge is -2.34. The van der Waals surface area contributed by atoms with Gasteiger partial charge >= 0.3 is 0 Å². The number of fused-ring (bicyclic) bond motifs is 1. The van der Waals surface area contributed by atoms with Crippen LogP contribution in [0.3, 0.4) is 0 Å². The van der Waals surface area contributed by atoms with Gasteiger partial charge in [-0.05, 0) is 56.7 Å². The summed E-state index contributed by atoms with van der Waals surface area (Å²) in [5, 5.41) is 0. The van der Waals surface area contributed by atoms with Gasteiger partial charge in [-0.25, -0.2) is 0 Å². The maximum absolute atomic E-state index is 13.3. The molecule has 4 rings (SSSR count). The number of carbonyl (C=O) groups is 1. The SMILES string of the molecule is COCCCOc1cc([C@@H](C)N(C(=O)[C@H]2CCCCO2)C2CC2)cc2c1OCC2. The Labute approximate surface area is 173 Å². The summed E-state index contributed by atoms with van der Waals surface area (Å²) in [6, 6.07) is 4.58. The third-order valence-electron chi connectivity index (χ3n) is 6.07. The van der Waals surface area contributed by atoms with E-state index in [-0.39, 0.29) is 18.1 Å². The number of nitrogens with zero attached hydrogens (tertiary/aromatic N) is 1. The van der Waals surface area contributed by atoms with Crippen molar-refractivity contribution >= 4 is 5.91 Å². The molecule has 0 N–H and O–H groups in total. The normalized spacial score (nSPS) is 21.9. The molecule has 2 heterocycles. The topological polar surface area (TPSA) is 57.2 Å². The minimum Gasteiger partial charge on any atom is -0.490 e. The molecule has 0 aromatic heterocycles. The van der Waals surface area contributed by atoms with Gasteiger partial charge in [0.1, 0.15) is 6.10 Å². The fourth-order valence-corrected chi connectivity index (χ4v) is 4.33. The van der Waals surface area contributed by atoms with Crippen molar-refractivity contribution in [3.63, 3.8) is 0 Å². The first kappa shape index (κ1) is 20.5. The lowest BCUT2D eigenvalue weighted by atomic mass is 10.00. The minimum absolute atomic E-state index is 0.00671. The minimum atomic E-state index is -0.283. The van der Waals surface area contributed by atoms with Crippen LogP contribution in [-0.2, 0) is 20.7 Å². The molecule has 29 heavy (non-hydrogen) atoms. The molecule has 0 bridgehead atoms. The van der Waals surface area contributed by atoms with Crippen LogP contribution in [0.1, 0.15) is 62.6 Å². The Morgan fingerprint density at radius 1 is 1.21 bits per heavy atom. The lowest BCUT2D eigenvalue weighted by Crippen LogP contribution is -2.44. The van der Waals surface area contributed by atoms with Crippen LogP contribution in [0.15, 0.2) is 12.1 Å². The molecule has 3 aliphatic rings. The van der Waals surface area contributed by atoms with Gasteiger partial charge in [-0.3, -0.25) is 4.79 Å².